The van der Waals surface area contributed by atoms with Crippen LogP contribution in [-0.4, -0.2) is 92.7 Å². The summed E-state index contributed by atoms with van der Waals surface area (Å²) in [5, 5.41) is 10.4. The number of amides is 1. The Bertz CT molecular complexity index is 821. The molecule has 1 amide bonds. The lowest BCUT2D eigenvalue weighted by Crippen LogP contribution is -2.51. The van der Waals surface area contributed by atoms with E-state index in [4.69, 9.17) is 14.2 Å². The van der Waals surface area contributed by atoms with Gasteiger partial charge in [-0.25, -0.2) is 4.39 Å². The fourth-order valence-corrected chi connectivity index (χ4v) is 3.61. The Morgan fingerprint density at radius 3 is 2.72 bits per heavy atom. The smallest absolute Gasteiger partial charge is 0.254 e. The van der Waals surface area contributed by atoms with Crippen molar-refractivity contribution in [2.75, 3.05) is 59.7 Å². The Hall–Kier alpha value is -2.52. The molecule has 2 unspecified atom stereocenters. The van der Waals surface area contributed by atoms with Crippen LogP contribution in [0.5, 0.6) is 5.75 Å². The summed E-state index contributed by atoms with van der Waals surface area (Å²) in [7, 11) is 1.58. The highest BCUT2D eigenvalue weighted by Crippen LogP contribution is 2.13. The standard InChI is InChI=1S/C24H31FN2O5/c1-30-13-12-27(24(29)19-7-9-20(25)10-8-19)17-23-16-26(11-14-31-23)15-21(28)18-32-22-5-3-2-4-6-22/h2-10,21,23,28H,11-18H2,1H3. The van der Waals surface area contributed by atoms with E-state index in [-0.39, 0.29) is 24.4 Å². The first-order chi connectivity index (χ1) is 15.5. The number of para-hydroxylation sites is 1. The topological polar surface area (TPSA) is 71.5 Å². The number of rotatable bonds is 11. The summed E-state index contributed by atoms with van der Waals surface area (Å²) < 4.78 is 29.9. The average Bonchev–Trinajstić information content (AvgIpc) is 2.81. The van der Waals surface area contributed by atoms with Crippen molar-refractivity contribution in [1.29, 1.82) is 0 Å². The third-order valence-corrected chi connectivity index (χ3v) is 5.25. The van der Waals surface area contributed by atoms with Gasteiger partial charge in [0, 0.05) is 45.4 Å². The van der Waals surface area contributed by atoms with Crippen LogP contribution < -0.4 is 4.74 Å². The van der Waals surface area contributed by atoms with Crippen molar-refractivity contribution >= 4 is 5.91 Å². The van der Waals surface area contributed by atoms with Crippen molar-refractivity contribution in [3.63, 3.8) is 0 Å². The maximum atomic E-state index is 13.2. The van der Waals surface area contributed by atoms with Crippen molar-refractivity contribution in [3.8, 4) is 5.75 Å². The first-order valence-electron chi connectivity index (χ1n) is 10.8. The molecule has 0 spiro atoms. The first-order valence-corrected chi connectivity index (χ1v) is 10.8. The maximum absolute atomic E-state index is 13.2. The van der Waals surface area contributed by atoms with E-state index in [1.807, 2.05) is 30.3 Å². The van der Waals surface area contributed by atoms with Gasteiger partial charge in [-0.3, -0.25) is 9.69 Å². The SMILES string of the molecule is COCCN(CC1CN(CC(O)COc2ccccc2)CCO1)C(=O)c1ccc(F)cc1. The van der Waals surface area contributed by atoms with Crippen LogP contribution >= 0.6 is 0 Å². The lowest BCUT2D eigenvalue weighted by molar-refractivity contribution is -0.0546. The van der Waals surface area contributed by atoms with Crippen molar-refractivity contribution in [2.45, 2.75) is 12.2 Å². The summed E-state index contributed by atoms with van der Waals surface area (Å²) in [5.41, 5.74) is 0.420. The minimum Gasteiger partial charge on any atom is -0.491 e. The molecule has 0 saturated carbocycles. The highest BCUT2D eigenvalue weighted by Gasteiger charge is 2.26. The second-order valence-corrected chi connectivity index (χ2v) is 7.78. The monoisotopic (exact) mass is 446 g/mol. The molecular formula is C24H31FN2O5. The van der Waals surface area contributed by atoms with Crippen LogP contribution in [0.15, 0.2) is 54.6 Å². The molecule has 0 bridgehead atoms. The fraction of sp³-hybridized carbons (Fsp3) is 0.458. The van der Waals surface area contributed by atoms with Gasteiger partial charge in [0.25, 0.3) is 5.91 Å². The van der Waals surface area contributed by atoms with Gasteiger partial charge < -0.3 is 24.2 Å². The number of ether oxygens (including phenoxy) is 3. The Kier molecular flexibility index (Phi) is 9.43. The average molecular weight is 447 g/mol. The molecule has 2 aromatic carbocycles. The predicted molar refractivity (Wildman–Crippen MR) is 118 cm³/mol. The van der Waals surface area contributed by atoms with Crippen molar-refractivity contribution < 1.29 is 28.5 Å². The molecule has 1 aliphatic rings. The predicted octanol–water partition coefficient (Wildman–Crippen LogP) is 2.06. The number of carbonyl (C=O) groups is 1. The van der Waals surface area contributed by atoms with E-state index in [9.17, 15) is 14.3 Å². The van der Waals surface area contributed by atoms with Crippen LogP contribution in [0, 0.1) is 5.82 Å². The largest absolute Gasteiger partial charge is 0.491 e. The molecule has 3 rings (SSSR count). The number of morpholine rings is 1. The molecule has 2 aromatic rings. The normalized spacial score (nSPS) is 17.7. The van der Waals surface area contributed by atoms with E-state index >= 15 is 0 Å². The molecule has 8 heteroatoms. The lowest BCUT2D eigenvalue weighted by atomic mass is 10.1. The molecule has 174 valence electrons. The number of hydrogen-bond acceptors (Lipinski definition) is 6. The molecule has 1 saturated heterocycles. The van der Waals surface area contributed by atoms with Gasteiger partial charge in [0.05, 0.1) is 19.3 Å². The fourth-order valence-electron chi connectivity index (χ4n) is 3.61. The zero-order valence-electron chi connectivity index (χ0n) is 18.4. The highest BCUT2D eigenvalue weighted by molar-refractivity contribution is 5.94. The number of methoxy groups -OCH3 is 1. The van der Waals surface area contributed by atoms with E-state index < -0.39 is 6.10 Å². The maximum Gasteiger partial charge on any atom is 0.254 e. The molecule has 0 radical (unpaired) electrons. The summed E-state index contributed by atoms with van der Waals surface area (Å²) in [5.74, 6) is 0.143. The van der Waals surface area contributed by atoms with Gasteiger partial charge in [-0.2, -0.15) is 0 Å². The number of β-amino-alcohol motifs (C(OH)–C–C–N with tert-alkyl or cyclic N) is 1. The number of nitrogens with zero attached hydrogens (tertiary/aromatic N) is 2. The molecule has 32 heavy (non-hydrogen) atoms. The number of carbonyl (C=O) groups excluding carboxylic acids is 1. The minimum atomic E-state index is -0.639. The van der Waals surface area contributed by atoms with E-state index in [1.54, 1.807) is 12.0 Å². The van der Waals surface area contributed by atoms with Gasteiger partial charge in [0.1, 0.15) is 24.3 Å². The third-order valence-electron chi connectivity index (χ3n) is 5.25. The Morgan fingerprint density at radius 1 is 1.25 bits per heavy atom. The van der Waals surface area contributed by atoms with Crippen molar-refractivity contribution in [3.05, 3.63) is 66.0 Å². The number of halogens is 1. The molecule has 1 fully saturated rings. The zero-order chi connectivity index (χ0) is 22.8. The van der Waals surface area contributed by atoms with Gasteiger partial charge in [-0.15, -0.1) is 0 Å². The molecule has 1 N–H and O–H groups in total. The molecule has 7 nitrogen and oxygen atoms in total. The second-order valence-electron chi connectivity index (χ2n) is 7.78. The number of aliphatic hydroxyl groups excluding tert-OH is 1. The van der Waals surface area contributed by atoms with Crippen LogP contribution in [0.4, 0.5) is 4.39 Å². The van der Waals surface area contributed by atoms with Crippen LogP contribution in [-0.2, 0) is 9.47 Å². The molecular weight excluding hydrogens is 415 g/mol. The molecule has 1 heterocycles. The zero-order valence-corrected chi connectivity index (χ0v) is 18.4. The summed E-state index contributed by atoms with van der Waals surface area (Å²) in [4.78, 5) is 16.7. The molecule has 0 aromatic heterocycles. The Morgan fingerprint density at radius 2 is 2.00 bits per heavy atom. The van der Waals surface area contributed by atoms with E-state index in [1.165, 1.54) is 24.3 Å². The van der Waals surface area contributed by atoms with Gasteiger partial charge in [0.2, 0.25) is 0 Å². The van der Waals surface area contributed by atoms with Gasteiger partial charge in [0.15, 0.2) is 0 Å². The summed E-state index contributed by atoms with van der Waals surface area (Å²) >= 11 is 0. The van der Waals surface area contributed by atoms with Crippen LogP contribution in [0.3, 0.4) is 0 Å². The Labute approximate surface area is 188 Å². The van der Waals surface area contributed by atoms with E-state index in [0.29, 0.717) is 51.5 Å². The molecule has 0 aliphatic carbocycles. The van der Waals surface area contributed by atoms with Gasteiger partial charge in [-0.1, -0.05) is 18.2 Å². The number of aliphatic hydroxyl groups is 1. The highest BCUT2D eigenvalue weighted by atomic mass is 19.1. The van der Waals surface area contributed by atoms with E-state index in [0.717, 1.165) is 5.75 Å². The van der Waals surface area contributed by atoms with E-state index in [2.05, 4.69) is 4.90 Å². The lowest BCUT2D eigenvalue weighted by Gasteiger charge is -2.36. The quantitative estimate of drug-likeness (QED) is 0.570. The minimum absolute atomic E-state index is 0.195. The van der Waals surface area contributed by atoms with Crippen molar-refractivity contribution in [1.82, 2.24) is 9.80 Å². The second kappa shape index (κ2) is 12.5. The number of hydrogen-bond donors (Lipinski definition) is 1. The Balaban J connectivity index is 1.52. The van der Waals surface area contributed by atoms with Crippen LogP contribution in [0.25, 0.3) is 0 Å². The first kappa shape index (κ1) is 24.1. The summed E-state index contributed by atoms with van der Waals surface area (Å²) in [6, 6.07) is 14.9. The van der Waals surface area contributed by atoms with Crippen LogP contribution in [0.1, 0.15) is 10.4 Å². The number of benzene rings is 2. The van der Waals surface area contributed by atoms with Gasteiger partial charge in [-0.05, 0) is 36.4 Å². The summed E-state index contributed by atoms with van der Waals surface area (Å²) in [6.07, 6.45) is -0.841. The van der Waals surface area contributed by atoms with Crippen molar-refractivity contribution in [2.24, 2.45) is 0 Å². The summed E-state index contributed by atoms with van der Waals surface area (Å²) in [6.45, 7) is 3.63. The molecule has 2 atom stereocenters. The molecule has 1 aliphatic heterocycles. The third kappa shape index (κ3) is 7.56. The van der Waals surface area contributed by atoms with Crippen LogP contribution in [0.2, 0.25) is 0 Å². The van der Waals surface area contributed by atoms with Gasteiger partial charge >= 0.3 is 0 Å².